The van der Waals surface area contributed by atoms with Crippen LogP contribution in [-0.2, 0) is 4.79 Å². The third kappa shape index (κ3) is 5.25. The fourth-order valence-corrected chi connectivity index (χ4v) is 3.65. The van der Waals surface area contributed by atoms with Crippen LogP contribution in [0, 0.1) is 0 Å². The van der Waals surface area contributed by atoms with E-state index in [0.717, 1.165) is 11.4 Å². The van der Waals surface area contributed by atoms with E-state index < -0.39 is 0 Å². The molecule has 0 radical (unpaired) electrons. The van der Waals surface area contributed by atoms with Crippen LogP contribution in [0.1, 0.15) is 19.4 Å². The van der Waals surface area contributed by atoms with Gasteiger partial charge in [-0.3, -0.25) is 4.79 Å². The highest BCUT2D eigenvalue weighted by atomic mass is 35.5. The summed E-state index contributed by atoms with van der Waals surface area (Å²) in [5, 5.41) is 3.73. The van der Waals surface area contributed by atoms with Crippen molar-refractivity contribution >= 4 is 46.2 Å². The van der Waals surface area contributed by atoms with E-state index >= 15 is 0 Å². The Morgan fingerprint density at radius 1 is 1.10 bits per heavy atom. The van der Waals surface area contributed by atoms with Crippen molar-refractivity contribution in [2.24, 2.45) is 4.99 Å². The normalized spacial score (nSPS) is 16.2. The molecule has 0 bridgehead atoms. The van der Waals surface area contributed by atoms with Crippen LogP contribution in [0.15, 0.2) is 46.3 Å². The van der Waals surface area contributed by atoms with Gasteiger partial charge in [0.15, 0.2) is 16.7 Å². The van der Waals surface area contributed by atoms with Gasteiger partial charge in [0.1, 0.15) is 5.75 Å². The van der Waals surface area contributed by atoms with Gasteiger partial charge in [-0.15, -0.1) is 0 Å². The average molecular weight is 433 g/mol. The summed E-state index contributed by atoms with van der Waals surface area (Å²) in [4.78, 5) is 17.3. The van der Waals surface area contributed by atoms with E-state index in [2.05, 4.69) is 10.3 Å². The summed E-state index contributed by atoms with van der Waals surface area (Å²) in [6.07, 6.45) is 1.71. The van der Waals surface area contributed by atoms with Crippen LogP contribution in [0.5, 0.6) is 17.2 Å². The maximum atomic E-state index is 12.4. The molecule has 0 spiro atoms. The first kappa shape index (κ1) is 21.1. The van der Waals surface area contributed by atoms with E-state index in [9.17, 15) is 4.79 Å². The number of nitrogens with one attached hydrogen (secondary N) is 1. The molecule has 8 heteroatoms. The third-order valence-corrected chi connectivity index (χ3v) is 5.14. The predicted molar refractivity (Wildman–Crippen MR) is 118 cm³/mol. The lowest BCUT2D eigenvalue weighted by molar-refractivity contribution is -0.115. The highest BCUT2D eigenvalue weighted by Crippen LogP contribution is 2.36. The third-order valence-electron chi connectivity index (χ3n) is 3.90. The van der Waals surface area contributed by atoms with Crippen molar-refractivity contribution in [1.82, 2.24) is 5.32 Å². The number of carbonyl (C=O) groups excluding carboxylic acids is 1. The molecule has 1 aliphatic heterocycles. The van der Waals surface area contributed by atoms with Gasteiger partial charge >= 0.3 is 0 Å². The molecule has 1 fully saturated rings. The molecule has 2 aromatic rings. The summed E-state index contributed by atoms with van der Waals surface area (Å²) in [5.74, 6) is 1.65. The van der Waals surface area contributed by atoms with Gasteiger partial charge in [-0.05, 0) is 67.6 Å². The SMILES string of the molecule is CCOc1ccc(N=C2NC(=O)/C(=C\c3cc(OCC)c(OC)cc3Cl)S2)cc1. The Labute approximate surface area is 178 Å². The van der Waals surface area contributed by atoms with Crippen LogP contribution in [0.2, 0.25) is 5.02 Å². The molecule has 1 aliphatic rings. The summed E-state index contributed by atoms with van der Waals surface area (Å²) < 4.78 is 16.3. The van der Waals surface area contributed by atoms with Crippen molar-refractivity contribution in [3.05, 3.63) is 51.9 Å². The zero-order valence-corrected chi connectivity index (χ0v) is 17.9. The number of hydrogen-bond donors (Lipinski definition) is 1. The smallest absolute Gasteiger partial charge is 0.264 e. The second-order valence-corrected chi connectivity index (χ2v) is 7.30. The molecule has 1 amide bonds. The number of amides is 1. The second-order valence-electron chi connectivity index (χ2n) is 5.87. The van der Waals surface area contributed by atoms with Crippen LogP contribution in [0.3, 0.4) is 0 Å². The molecule has 1 N–H and O–H groups in total. The van der Waals surface area contributed by atoms with Crippen molar-refractivity contribution in [3.8, 4) is 17.2 Å². The Bertz CT molecular complexity index is 958. The molecule has 0 saturated carbocycles. The van der Waals surface area contributed by atoms with Gasteiger partial charge in [0.05, 0.1) is 35.9 Å². The first-order valence-corrected chi connectivity index (χ1v) is 10.3. The number of amidine groups is 1. The lowest BCUT2D eigenvalue weighted by atomic mass is 10.2. The molecule has 1 heterocycles. The number of ether oxygens (including phenoxy) is 3. The number of aliphatic imine (C=N–C) groups is 1. The number of nitrogens with zero attached hydrogens (tertiary/aromatic N) is 1. The monoisotopic (exact) mass is 432 g/mol. The minimum Gasteiger partial charge on any atom is -0.494 e. The first-order valence-electron chi connectivity index (χ1n) is 9.06. The van der Waals surface area contributed by atoms with Gasteiger partial charge in [0.2, 0.25) is 0 Å². The second kappa shape index (κ2) is 9.71. The number of benzene rings is 2. The molecule has 6 nitrogen and oxygen atoms in total. The van der Waals surface area contributed by atoms with Crippen LogP contribution in [0.4, 0.5) is 5.69 Å². The van der Waals surface area contributed by atoms with Gasteiger partial charge in [-0.2, -0.15) is 0 Å². The van der Waals surface area contributed by atoms with Crippen molar-refractivity contribution in [2.75, 3.05) is 20.3 Å². The first-order chi connectivity index (χ1) is 14.0. The molecule has 0 unspecified atom stereocenters. The van der Waals surface area contributed by atoms with Crippen LogP contribution in [-0.4, -0.2) is 31.4 Å². The standard InChI is InChI=1S/C21H21ClN2O4S/c1-4-27-15-8-6-14(7-9-15)23-21-24-20(25)19(29-21)11-13-10-18(28-5-2)17(26-3)12-16(13)22/h6-12H,4-5H2,1-3H3,(H,23,24,25)/b19-11+. The highest BCUT2D eigenvalue weighted by Gasteiger charge is 2.24. The molecule has 0 atom stereocenters. The number of halogens is 1. The van der Waals surface area contributed by atoms with Crippen LogP contribution < -0.4 is 19.5 Å². The summed E-state index contributed by atoms with van der Waals surface area (Å²) in [5.41, 5.74) is 1.38. The van der Waals surface area contributed by atoms with Gasteiger partial charge in [0, 0.05) is 6.07 Å². The van der Waals surface area contributed by atoms with Crippen molar-refractivity contribution in [3.63, 3.8) is 0 Å². The fraction of sp³-hybridized carbons (Fsp3) is 0.238. The molecule has 152 valence electrons. The highest BCUT2D eigenvalue weighted by molar-refractivity contribution is 8.18. The zero-order valence-electron chi connectivity index (χ0n) is 16.3. The Morgan fingerprint density at radius 2 is 1.83 bits per heavy atom. The lowest BCUT2D eigenvalue weighted by Crippen LogP contribution is -2.19. The molecule has 1 saturated heterocycles. The molecule has 29 heavy (non-hydrogen) atoms. The average Bonchev–Trinajstić information content (AvgIpc) is 3.05. The summed E-state index contributed by atoms with van der Waals surface area (Å²) in [6.45, 7) is 4.91. The van der Waals surface area contributed by atoms with Crippen molar-refractivity contribution in [1.29, 1.82) is 0 Å². The summed E-state index contributed by atoms with van der Waals surface area (Å²) >= 11 is 7.60. The zero-order chi connectivity index (χ0) is 20.8. The van der Waals surface area contributed by atoms with Gasteiger partial charge in [0.25, 0.3) is 5.91 Å². The maximum Gasteiger partial charge on any atom is 0.264 e. The predicted octanol–water partition coefficient (Wildman–Crippen LogP) is 5.04. The van der Waals surface area contributed by atoms with Gasteiger partial charge in [-0.25, -0.2) is 4.99 Å². The Balaban J connectivity index is 1.82. The minimum absolute atomic E-state index is 0.232. The molecular weight excluding hydrogens is 412 g/mol. The Morgan fingerprint density at radius 3 is 2.48 bits per heavy atom. The number of methoxy groups -OCH3 is 1. The van der Waals surface area contributed by atoms with E-state index in [1.165, 1.54) is 11.8 Å². The number of rotatable bonds is 7. The van der Waals surface area contributed by atoms with Crippen LogP contribution >= 0.6 is 23.4 Å². The largest absolute Gasteiger partial charge is 0.494 e. The van der Waals surface area contributed by atoms with Crippen molar-refractivity contribution < 1.29 is 19.0 Å². The van der Waals surface area contributed by atoms with Crippen LogP contribution in [0.25, 0.3) is 6.08 Å². The number of thioether (sulfide) groups is 1. The van der Waals surface area contributed by atoms with E-state index in [1.54, 1.807) is 25.3 Å². The van der Waals surface area contributed by atoms with E-state index in [1.807, 2.05) is 38.1 Å². The minimum atomic E-state index is -0.232. The van der Waals surface area contributed by atoms with E-state index in [4.69, 9.17) is 25.8 Å². The van der Waals surface area contributed by atoms with Gasteiger partial charge in [-0.1, -0.05) is 11.6 Å². The lowest BCUT2D eigenvalue weighted by Gasteiger charge is -2.11. The number of carbonyl (C=O) groups is 1. The fourth-order valence-electron chi connectivity index (χ4n) is 2.61. The van der Waals surface area contributed by atoms with Gasteiger partial charge < -0.3 is 19.5 Å². The summed E-state index contributed by atoms with van der Waals surface area (Å²) in [6, 6.07) is 10.8. The van der Waals surface area contributed by atoms with E-state index in [-0.39, 0.29) is 5.91 Å². The number of hydrogen-bond acceptors (Lipinski definition) is 6. The molecule has 0 aromatic heterocycles. The topological polar surface area (TPSA) is 69.2 Å². The van der Waals surface area contributed by atoms with E-state index in [0.29, 0.717) is 45.4 Å². The maximum absolute atomic E-state index is 12.4. The Hall–Kier alpha value is -2.64. The molecular formula is C21H21ClN2O4S. The Kier molecular flexibility index (Phi) is 7.06. The summed E-state index contributed by atoms with van der Waals surface area (Å²) in [7, 11) is 1.55. The molecule has 0 aliphatic carbocycles. The van der Waals surface area contributed by atoms with Crippen molar-refractivity contribution in [2.45, 2.75) is 13.8 Å². The molecule has 2 aromatic carbocycles. The quantitative estimate of drug-likeness (QED) is 0.621. The molecule has 3 rings (SSSR count).